The number of nitrogens with two attached hydrogens (primary N) is 1. The van der Waals surface area contributed by atoms with Crippen LogP contribution in [0.25, 0.3) is 26.8 Å². The second kappa shape index (κ2) is 7.03. The van der Waals surface area contributed by atoms with Gasteiger partial charge in [-0.05, 0) is 59.2 Å². The molecule has 1 aromatic heterocycles. The second-order valence-corrected chi connectivity index (χ2v) is 7.36. The van der Waals surface area contributed by atoms with Crippen molar-refractivity contribution in [3.8, 4) is 16.5 Å². The summed E-state index contributed by atoms with van der Waals surface area (Å²) >= 11 is 1.55. The minimum Gasteiger partial charge on any atom is -0.378 e. The molecule has 0 saturated heterocycles. The van der Waals surface area contributed by atoms with Gasteiger partial charge in [-0.25, -0.2) is 0 Å². The first-order chi connectivity index (χ1) is 12.4. The summed E-state index contributed by atoms with van der Waals surface area (Å²) in [5.74, 6) is -0.692. The fourth-order valence-electron chi connectivity index (χ4n) is 2.81. The first-order valence-corrected chi connectivity index (χ1v) is 8.95. The first kappa shape index (κ1) is 17.7. The number of carbonyl (C=O) groups excluding carboxylic acids is 1. The number of fused-ring (bicyclic) bond motifs is 1. The van der Waals surface area contributed by atoms with Crippen molar-refractivity contribution in [2.45, 2.75) is 6.92 Å². The molecule has 0 spiro atoms. The average Bonchev–Trinajstić information content (AvgIpc) is 3.11. The number of amides is 1. The maximum atomic E-state index is 11.4. The van der Waals surface area contributed by atoms with E-state index in [0.717, 1.165) is 15.3 Å². The van der Waals surface area contributed by atoms with E-state index in [1.54, 1.807) is 18.3 Å². The molecule has 0 saturated carbocycles. The number of anilines is 1. The third-order valence-electron chi connectivity index (χ3n) is 4.33. The number of allylic oxidation sites excluding steroid dienone is 1. The van der Waals surface area contributed by atoms with Crippen LogP contribution in [-0.4, -0.2) is 20.0 Å². The normalized spacial score (nSPS) is 11.8. The summed E-state index contributed by atoms with van der Waals surface area (Å²) in [6.45, 7) is 1.75. The minimum absolute atomic E-state index is 0.00752. The third-order valence-corrected chi connectivity index (χ3v) is 5.59. The van der Waals surface area contributed by atoms with Crippen molar-refractivity contribution >= 4 is 39.3 Å². The van der Waals surface area contributed by atoms with E-state index in [4.69, 9.17) is 11.0 Å². The van der Waals surface area contributed by atoms with Gasteiger partial charge in [-0.15, -0.1) is 11.3 Å². The number of carbonyl (C=O) groups is 1. The van der Waals surface area contributed by atoms with Gasteiger partial charge in [0.1, 0.15) is 11.6 Å². The van der Waals surface area contributed by atoms with Gasteiger partial charge < -0.3 is 10.6 Å². The predicted molar refractivity (Wildman–Crippen MR) is 109 cm³/mol. The van der Waals surface area contributed by atoms with Crippen LogP contribution in [0.1, 0.15) is 11.8 Å². The zero-order chi connectivity index (χ0) is 18.8. The summed E-state index contributed by atoms with van der Waals surface area (Å²) in [6, 6.07) is 18.6. The van der Waals surface area contributed by atoms with E-state index in [1.165, 1.54) is 16.5 Å². The Hall–Kier alpha value is -3.10. The monoisotopic (exact) mass is 361 g/mol. The van der Waals surface area contributed by atoms with Gasteiger partial charge in [-0.2, -0.15) is 5.26 Å². The lowest BCUT2D eigenvalue weighted by molar-refractivity contribution is -0.114. The van der Waals surface area contributed by atoms with E-state index in [2.05, 4.69) is 41.3 Å². The highest BCUT2D eigenvalue weighted by Crippen LogP contribution is 2.34. The predicted octanol–water partition coefficient (Wildman–Crippen LogP) is 4.42. The molecule has 3 rings (SSSR count). The molecule has 2 N–H and O–H groups in total. The average molecular weight is 361 g/mol. The lowest BCUT2D eigenvalue weighted by atomic mass is 10.0. The molecule has 3 aromatic rings. The summed E-state index contributed by atoms with van der Waals surface area (Å²) in [6.07, 6.45) is 0. The zero-order valence-electron chi connectivity index (χ0n) is 14.9. The second-order valence-electron chi connectivity index (χ2n) is 6.28. The number of hydrogen-bond acceptors (Lipinski definition) is 4. The molecular formula is C21H19N3OS. The molecule has 0 fully saturated rings. The summed E-state index contributed by atoms with van der Waals surface area (Å²) in [5, 5.41) is 11.5. The van der Waals surface area contributed by atoms with Gasteiger partial charge in [0.2, 0.25) is 0 Å². The summed E-state index contributed by atoms with van der Waals surface area (Å²) in [7, 11) is 4.06. The highest BCUT2D eigenvalue weighted by Gasteiger charge is 2.13. The van der Waals surface area contributed by atoms with Crippen LogP contribution >= 0.6 is 11.3 Å². The van der Waals surface area contributed by atoms with Gasteiger partial charge in [0.05, 0.1) is 0 Å². The number of hydrogen-bond donors (Lipinski definition) is 1. The van der Waals surface area contributed by atoms with Crippen LogP contribution in [0.4, 0.5) is 5.69 Å². The van der Waals surface area contributed by atoms with E-state index in [1.807, 2.05) is 32.3 Å². The Kier molecular flexibility index (Phi) is 4.79. The Labute approximate surface area is 156 Å². The van der Waals surface area contributed by atoms with Crippen LogP contribution in [-0.2, 0) is 4.79 Å². The highest BCUT2D eigenvalue weighted by molar-refractivity contribution is 7.16. The zero-order valence-corrected chi connectivity index (χ0v) is 15.7. The number of benzene rings is 2. The standard InChI is InChI=1S/C21H19N3OS/c1-13(18(12-22)21(23)25)19-8-9-20(26-19)16-5-4-15-11-17(24(2)3)7-6-14(15)10-16/h4-11H,1-3H3,(H2,23,25)/b18-13+. The lowest BCUT2D eigenvalue weighted by Gasteiger charge is -2.13. The Balaban J connectivity index is 2.01. The lowest BCUT2D eigenvalue weighted by Crippen LogP contribution is -2.13. The van der Waals surface area contributed by atoms with Crippen LogP contribution in [0.15, 0.2) is 54.1 Å². The SMILES string of the molecule is C/C(=C(/C#N)C(N)=O)c1ccc(-c2ccc3cc(N(C)C)ccc3c2)s1. The Morgan fingerprint density at radius 3 is 2.42 bits per heavy atom. The summed E-state index contributed by atoms with van der Waals surface area (Å²) in [4.78, 5) is 15.4. The van der Waals surface area contributed by atoms with E-state index in [-0.39, 0.29) is 5.57 Å². The van der Waals surface area contributed by atoms with Crippen LogP contribution in [0.5, 0.6) is 0 Å². The maximum absolute atomic E-state index is 11.4. The number of nitrogens with zero attached hydrogens (tertiary/aromatic N) is 2. The molecule has 1 heterocycles. The van der Waals surface area contributed by atoms with Crippen molar-refractivity contribution in [1.82, 2.24) is 0 Å². The molecule has 0 aliphatic heterocycles. The molecule has 0 aliphatic carbocycles. The quantitative estimate of drug-likeness (QED) is 0.552. The molecule has 0 unspecified atom stereocenters. The van der Waals surface area contributed by atoms with Crippen molar-refractivity contribution in [2.24, 2.45) is 5.73 Å². The highest BCUT2D eigenvalue weighted by atomic mass is 32.1. The molecule has 0 bridgehead atoms. The Morgan fingerprint density at radius 2 is 1.77 bits per heavy atom. The van der Waals surface area contributed by atoms with Gasteiger partial charge in [0.15, 0.2) is 0 Å². The van der Waals surface area contributed by atoms with E-state index in [9.17, 15) is 4.79 Å². The van der Waals surface area contributed by atoms with Crippen molar-refractivity contribution in [3.63, 3.8) is 0 Å². The summed E-state index contributed by atoms with van der Waals surface area (Å²) in [5.41, 5.74) is 8.18. The van der Waals surface area contributed by atoms with Crippen molar-refractivity contribution in [2.75, 3.05) is 19.0 Å². The van der Waals surface area contributed by atoms with Crippen LogP contribution in [0.3, 0.4) is 0 Å². The Morgan fingerprint density at radius 1 is 1.08 bits per heavy atom. The van der Waals surface area contributed by atoms with Gasteiger partial charge >= 0.3 is 0 Å². The van der Waals surface area contributed by atoms with E-state index >= 15 is 0 Å². The summed E-state index contributed by atoms with van der Waals surface area (Å²) < 4.78 is 0. The minimum atomic E-state index is -0.692. The molecule has 1 amide bonds. The molecule has 26 heavy (non-hydrogen) atoms. The van der Waals surface area contributed by atoms with Crippen molar-refractivity contribution < 1.29 is 4.79 Å². The Bertz CT molecular complexity index is 1070. The molecular weight excluding hydrogens is 342 g/mol. The van der Waals surface area contributed by atoms with Crippen LogP contribution in [0.2, 0.25) is 0 Å². The fourth-order valence-corrected chi connectivity index (χ4v) is 3.82. The van der Waals surface area contributed by atoms with Gasteiger partial charge in [-0.3, -0.25) is 4.79 Å². The molecule has 130 valence electrons. The van der Waals surface area contributed by atoms with E-state index < -0.39 is 5.91 Å². The van der Waals surface area contributed by atoms with Gasteiger partial charge in [0.25, 0.3) is 5.91 Å². The fraction of sp³-hybridized carbons (Fsp3) is 0.143. The van der Waals surface area contributed by atoms with Gasteiger partial charge in [0, 0.05) is 29.5 Å². The molecule has 5 heteroatoms. The largest absolute Gasteiger partial charge is 0.378 e. The smallest absolute Gasteiger partial charge is 0.259 e. The molecule has 0 atom stereocenters. The number of thiophene rings is 1. The molecule has 4 nitrogen and oxygen atoms in total. The van der Waals surface area contributed by atoms with Crippen molar-refractivity contribution in [1.29, 1.82) is 5.26 Å². The van der Waals surface area contributed by atoms with Crippen LogP contribution < -0.4 is 10.6 Å². The third kappa shape index (κ3) is 3.32. The maximum Gasteiger partial charge on any atom is 0.259 e. The number of rotatable bonds is 4. The van der Waals surface area contributed by atoms with Crippen LogP contribution in [0, 0.1) is 11.3 Å². The molecule has 0 radical (unpaired) electrons. The van der Waals surface area contributed by atoms with Crippen molar-refractivity contribution in [3.05, 3.63) is 59.0 Å². The topological polar surface area (TPSA) is 70.1 Å². The van der Waals surface area contributed by atoms with E-state index in [0.29, 0.717) is 5.57 Å². The first-order valence-electron chi connectivity index (χ1n) is 8.13. The molecule has 2 aromatic carbocycles. The van der Waals surface area contributed by atoms with Gasteiger partial charge in [-0.1, -0.05) is 18.2 Å². The number of nitriles is 1. The number of primary amides is 1. The molecule has 0 aliphatic rings.